The van der Waals surface area contributed by atoms with E-state index in [1.807, 2.05) is 0 Å². The number of carbonyl (C=O) groups excluding carboxylic acids is 1. The van der Waals surface area contributed by atoms with Crippen molar-refractivity contribution in [2.75, 3.05) is 10.6 Å². The van der Waals surface area contributed by atoms with Crippen molar-refractivity contribution in [2.45, 2.75) is 20.1 Å². The van der Waals surface area contributed by atoms with E-state index in [0.29, 0.717) is 10.8 Å². The van der Waals surface area contributed by atoms with Gasteiger partial charge in [0.15, 0.2) is 5.13 Å². The van der Waals surface area contributed by atoms with E-state index in [0.717, 1.165) is 18.2 Å². The fourth-order valence-electron chi connectivity index (χ4n) is 1.62. The Kier molecular flexibility index (Phi) is 5.21. The molecule has 22 heavy (non-hydrogen) atoms. The van der Waals surface area contributed by atoms with E-state index in [4.69, 9.17) is 0 Å². The van der Waals surface area contributed by atoms with Gasteiger partial charge in [0.05, 0.1) is 17.9 Å². The Labute approximate surface area is 128 Å². The van der Waals surface area contributed by atoms with E-state index in [9.17, 15) is 18.0 Å². The average molecular weight is 331 g/mol. The summed E-state index contributed by atoms with van der Waals surface area (Å²) in [6.07, 6.45) is 0. The zero-order valence-electron chi connectivity index (χ0n) is 11.4. The van der Waals surface area contributed by atoms with Crippen molar-refractivity contribution >= 4 is 28.1 Å². The SMILES string of the molecule is CC(=O)Nc1nc(CNc2cc(F)ccc2OC(F)F)cs1. The number of alkyl halides is 2. The maximum absolute atomic E-state index is 13.2. The number of halogens is 3. The number of hydrogen-bond donors (Lipinski definition) is 2. The molecular weight excluding hydrogens is 319 g/mol. The van der Waals surface area contributed by atoms with Crippen molar-refractivity contribution in [1.29, 1.82) is 0 Å². The number of carbonyl (C=O) groups is 1. The van der Waals surface area contributed by atoms with Crippen LogP contribution < -0.4 is 15.4 Å². The summed E-state index contributed by atoms with van der Waals surface area (Å²) >= 11 is 1.22. The third kappa shape index (κ3) is 4.62. The Bertz CT molecular complexity index is 664. The molecule has 1 aromatic carbocycles. The molecule has 1 heterocycles. The Morgan fingerprint density at radius 1 is 1.45 bits per heavy atom. The van der Waals surface area contributed by atoms with Crippen LogP contribution >= 0.6 is 11.3 Å². The summed E-state index contributed by atoms with van der Waals surface area (Å²) in [7, 11) is 0. The first-order valence-electron chi connectivity index (χ1n) is 6.14. The number of aromatic nitrogens is 1. The van der Waals surface area contributed by atoms with Gasteiger partial charge in [0.1, 0.15) is 11.6 Å². The molecule has 118 valence electrons. The summed E-state index contributed by atoms with van der Waals surface area (Å²) in [5, 5.41) is 7.41. The number of thiazole rings is 1. The van der Waals surface area contributed by atoms with Crippen molar-refractivity contribution in [3.8, 4) is 5.75 Å². The zero-order valence-corrected chi connectivity index (χ0v) is 12.2. The smallest absolute Gasteiger partial charge is 0.387 e. The molecule has 0 fully saturated rings. The summed E-state index contributed by atoms with van der Waals surface area (Å²) in [6.45, 7) is -1.48. The highest BCUT2D eigenvalue weighted by Gasteiger charge is 2.11. The molecule has 2 aromatic rings. The van der Waals surface area contributed by atoms with Crippen LogP contribution in [0.2, 0.25) is 0 Å². The van der Waals surface area contributed by atoms with Gasteiger partial charge in [-0.25, -0.2) is 9.37 Å². The molecule has 9 heteroatoms. The van der Waals surface area contributed by atoms with Crippen LogP contribution in [0.5, 0.6) is 5.75 Å². The van der Waals surface area contributed by atoms with Crippen LogP contribution in [0.1, 0.15) is 12.6 Å². The minimum Gasteiger partial charge on any atom is -0.433 e. The molecule has 0 aliphatic rings. The number of ether oxygens (including phenoxy) is 1. The number of hydrogen-bond acceptors (Lipinski definition) is 5. The number of rotatable bonds is 6. The third-order valence-corrected chi connectivity index (χ3v) is 3.26. The summed E-state index contributed by atoms with van der Waals surface area (Å²) < 4.78 is 42.1. The van der Waals surface area contributed by atoms with Gasteiger partial charge in [0, 0.05) is 18.4 Å². The maximum Gasteiger partial charge on any atom is 0.387 e. The van der Waals surface area contributed by atoms with E-state index in [1.165, 1.54) is 18.3 Å². The van der Waals surface area contributed by atoms with Crippen LogP contribution in [0.3, 0.4) is 0 Å². The Balaban J connectivity index is 2.05. The minimum atomic E-state index is -3.00. The first-order chi connectivity index (χ1) is 10.4. The average Bonchev–Trinajstić information content (AvgIpc) is 2.85. The number of benzene rings is 1. The van der Waals surface area contributed by atoms with Crippen LogP contribution in [-0.4, -0.2) is 17.5 Å². The largest absolute Gasteiger partial charge is 0.433 e. The molecule has 0 unspecified atom stereocenters. The molecule has 2 N–H and O–H groups in total. The quantitative estimate of drug-likeness (QED) is 0.851. The van der Waals surface area contributed by atoms with Gasteiger partial charge in [-0.05, 0) is 12.1 Å². The summed E-state index contributed by atoms with van der Waals surface area (Å²) in [4.78, 5) is 15.0. The predicted molar refractivity (Wildman–Crippen MR) is 76.8 cm³/mol. The fourth-order valence-corrected chi connectivity index (χ4v) is 2.38. The van der Waals surface area contributed by atoms with Crippen LogP contribution in [0.25, 0.3) is 0 Å². The van der Waals surface area contributed by atoms with Crippen molar-refractivity contribution in [3.63, 3.8) is 0 Å². The van der Waals surface area contributed by atoms with E-state index in [-0.39, 0.29) is 23.9 Å². The summed E-state index contributed by atoms with van der Waals surface area (Å²) in [5.41, 5.74) is 0.662. The lowest BCUT2D eigenvalue weighted by Crippen LogP contribution is -2.08. The molecule has 1 aromatic heterocycles. The maximum atomic E-state index is 13.2. The number of nitrogens with zero attached hydrogens (tertiary/aromatic N) is 1. The first-order valence-corrected chi connectivity index (χ1v) is 7.02. The molecule has 0 atom stereocenters. The highest BCUT2D eigenvalue weighted by atomic mass is 32.1. The molecule has 0 spiro atoms. The van der Waals surface area contributed by atoms with Crippen LogP contribution in [0.4, 0.5) is 24.0 Å². The van der Waals surface area contributed by atoms with Gasteiger partial charge in [-0.15, -0.1) is 11.3 Å². The lowest BCUT2D eigenvalue weighted by Gasteiger charge is -2.12. The van der Waals surface area contributed by atoms with Crippen LogP contribution in [-0.2, 0) is 11.3 Å². The van der Waals surface area contributed by atoms with Gasteiger partial charge in [0.25, 0.3) is 0 Å². The molecule has 0 saturated carbocycles. The molecule has 0 aliphatic heterocycles. The minimum absolute atomic E-state index is 0.0920. The lowest BCUT2D eigenvalue weighted by molar-refractivity contribution is -0.114. The molecule has 0 aliphatic carbocycles. The zero-order chi connectivity index (χ0) is 16.1. The second-order valence-electron chi connectivity index (χ2n) is 4.20. The molecule has 2 rings (SSSR count). The molecule has 1 amide bonds. The molecular formula is C13H12F3N3O2S. The van der Waals surface area contributed by atoms with Crippen molar-refractivity contribution in [2.24, 2.45) is 0 Å². The Morgan fingerprint density at radius 3 is 2.91 bits per heavy atom. The van der Waals surface area contributed by atoms with Crippen molar-refractivity contribution in [3.05, 3.63) is 35.1 Å². The predicted octanol–water partition coefficient (Wildman–Crippen LogP) is 3.45. The van der Waals surface area contributed by atoms with E-state index in [1.54, 1.807) is 5.38 Å². The highest BCUT2D eigenvalue weighted by molar-refractivity contribution is 7.13. The van der Waals surface area contributed by atoms with Crippen LogP contribution in [0, 0.1) is 5.82 Å². The van der Waals surface area contributed by atoms with Crippen LogP contribution in [0.15, 0.2) is 23.6 Å². The second-order valence-corrected chi connectivity index (χ2v) is 5.06. The van der Waals surface area contributed by atoms with E-state index >= 15 is 0 Å². The Hall–Kier alpha value is -2.29. The first kappa shape index (κ1) is 16.1. The van der Waals surface area contributed by atoms with Gasteiger partial charge in [-0.1, -0.05) is 0 Å². The normalized spacial score (nSPS) is 10.6. The molecule has 0 saturated heterocycles. The summed E-state index contributed by atoms with van der Waals surface area (Å²) in [5.74, 6) is -0.985. The topological polar surface area (TPSA) is 63.2 Å². The highest BCUT2D eigenvalue weighted by Crippen LogP contribution is 2.27. The second kappa shape index (κ2) is 7.12. The van der Waals surface area contributed by atoms with Gasteiger partial charge in [-0.2, -0.15) is 8.78 Å². The van der Waals surface area contributed by atoms with Gasteiger partial charge < -0.3 is 15.4 Å². The number of amides is 1. The molecule has 0 bridgehead atoms. The molecule has 0 radical (unpaired) electrons. The number of anilines is 2. The van der Waals surface area contributed by atoms with Crippen molar-refractivity contribution in [1.82, 2.24) is 4.98 Å². The standard InChI is InChI=1S/C13H12F3N3O2S/c1-7(20)18-13-19-9(6-22-13)5-17-10-4-8(14)2-3-11(10)21-12(15)16/h2-4,6,12,17H,5H2,1H3,(H,18,19,20). The fraction of sp³-hybridized carbons (Fsp3) is 0.231. The van der Waals surface area contributed by atoms with Gasteiger partial charge in [-0.3, -0.25) is 4.79 Å². The monoisotopic (exact) mass is 331 g/mol. The van der Waals surface area contributed by atoms with E-state index < -0.39 is 12.4 Å². The lowest BCUT2D eigenvalue weighted by atomic mass is 10.2. The number of nitrogens with one attached hydrogen (secondary N) is 2. The van der Waals surface area contributed by atoms with Gasteiger partial charge >= 0.3 is 6.61 Å². The molecule has 5 nitrogen and oxygen atoms in total. The summed E-state index contributed by atoms with van der Waals surface area (Å²) in [6, 6.07) is 3.20. The third-order valence-electron chi connectivity index (χ3n) is 2.45. The van der Waals surface area contributed by atoms with Gasteiger partial charge in [0.2, 0.25) is 5.91 Å². The van der Waals surface area contributed by atoms with Crippen molar-refractivity contribution < 1.29 is 22.7 Å². The van der Waals surface area contributed by atoms with E-state index in [2.05, 4.69) is 20.4 Å². The Morgan fingerprint density at radius 2 is 2.23 bits per heavy atom.